The van der Waals surface area contributed by atoms with Gasteiger partial charge < -0.3 is 15.8 Å². The Morgan fingerprint density at radius 2 is 2.03 bits per heavy atom. The number of hydrogen-bond donors (Lipinski definition) is 2. The van der Waals surface area contributed by atoms with E-state index in [-0.39, 0.29) is 0 Å². The highest BCUT2D eigenvalue weighted by Crippen LogP contribution is 2.29. The fourth-order valence-corrected chi connectivity index (χ4v) is 3.26. The summed E-state index contributed by atoms with van der Waals surface area (Å²) < 4.78 is 5.91. The number of nitrogens with one attached hydrogen (secondary N) is 1. The normalized spacial score (nSPS) is 14.9. The molecule has 0 fully saturated rings. The van der Waals surface area contributed by atoms with Crippen LogP contribution >= 0.6 is 0 Å². The lowest BCUT2D eigenvalue weighted by Gasteiger charge is -2.16. The summed E-state index contributed by atoms with van der Waals surface area (Å²) in [5.74, 6) is 1.23. The summed E-state index contributed by atoms with van der Waals surface area (Å²) in [7, 11) is 2.11. The minimum atomic E-state index is 0.552. The standard InChI is InChI=1S/C23H25N5O/c1-28-12-3-2-4-13-29-22-15-18(8-9-20(22)24)21-10-11-25-23(27-21)26-19-7-5-6-17(14-19)16-28/h2-3,5-11,14-15H,4,12-13,16,24H2,1H3,(H,25,26,27). The van der Waals surface area contributed by atoms with Crippen molar-refractivity contribution in [3.05, 3.63) is 72.4 Å². The topological polar surface area (TPSA) is 76.3 Å². The van der Waals surface area contributed by atoms with Gasteiger partial charge in [0.1, 0.15) is 5.75 Å². The van der Waals surface area contributed by atoms with Crippen molar-refractivity contribution in [1.29, 1.82) is 0 Å². The van der Waals surface area contributed by atoms with Crippen molar-refractivity contribution in [3.8, 4) is 17.0 Å². The van der Waals surface area contributed by atoms with Crippen molar-refractivity contribution in [2.24, 2.45) is 0 Å². The Bertz CT molecular complexity index is 1020. The number of ether oxygens (including phenoxy) is 1. The van der Waals surface area contributed by atoms with Gasteiger partial charge in [-0.15, -0.1) is 0 Å². The van der Waals surface area contributed by atoms with Gasteiger partial charge in [-0.1, -0.05) is 30.4 Å². The molecule has 6 nitrogen and oxygen atoms in total. The lowest BCUT2D eigenvalue weighted by atomic mass is 10.1. The fraction of sp³-hybridized carbons (Fsp3) is 0.217. The average Bonchev–Trinajstić information content (AvgIpc) is 2.71. The molecule has 1 aliphatic rings. The van der Waals surface area contributed by atoms with Gasteiger partial charge in [0.05, 0.1) is 18.0 Å². The molecule has 0 amide bonds. The van der Waals surface area contributed by atoms with Crippen LogP contribution in [0.1, 0.15) is 12.0 Å². The average molecular weight is 387 g/mol. The first-order valence-corrected chi connectivity index (χ1v) is 9.72. The number of nitrogen functional groups attached to an aromatic ring is 1. The third-order valence-corrected chi connectivity index (χ3v) is 4.73. The van der Waals surface area contributed by atoms with E-state index in [0.717, 1.165) is 36.5 Å². The van der Waals surface area contributed by atoms with Crippen molar-refractivity contribution in [2.45, 2.75) is 13.0 Å². The van der Waals surface area contributed by atoms with Gasteiger partial charge in [-0.25, -0.2) is 9.97 Å². The number of hydrogen-bond acceptors (Lipinski definition) is 6. The maximum atomic E-state index is 6.09. The molecule has 1 aromatic heterocycles. The molecule has 0 atom stereocenters. The maximum absolute atomic E-state index is 6.09. The van der Waals surface area contributed by atoms with Crippen LogP contribution in [0.15, 0.2) is 66.9 Å². The summed E-state index contributed by atoms with van der Waals surface area (Å²) in [5, 5.41) is 3.31. The molecule has 4 rings (SSSR count). The zero-order valence-corrected chi connectivity index (χ0v) is 16.5. The van der Waals surface area contributed by atoms with E-state index in [2.05, 4.69) is 51.5 Å². The van der Waals surface area contributed by atoms with Crippen molar-refractivity contribution < 1.29 is 4.74 Å². The van der Waals surface area contributed by atoms with Crippen molar-refractivity contribution >= 4 is 17.3 Å². The largest absolute Gasteiger partial charge is 0.491 e. The van der Waals surface area contributed by atoms with E-state index in [0.29, 0.717) is 24.0 Å². The van der Waals surface area contributed by atoms with Gasteiger partial charge in [0.2, 0.25) is 5.95 Å². The number of nitrogens with two attached hydrogens (primary N) is 1. The molecule has 0 unspecified atom stereocenters. The molecule has 0 spiro atoms. The quantitative estimate of drug-likeness (QED) is 0.444. The molecular formula is C23H25N5O. The number of anilines is 3. The lowest BCUT2D eigenvalue weighted by Crippen LogP contribution is -2.17. The van der Waals surface area contributed by atoms with Gasteiger partial charge in [-0.05, 0) is 49.4 Å². The van der Waals surface area contributed by atoms with Crippen molar-refractivity contribution in [3.63, 3.8) is 0 Å². The molecule has 3 aromatic rings. The number of nitrogens with zero attached hydrogens (tertiary/aromatic N) is 3. The van der Waals surface area contributed by atoms with Crippen molar-refractivity contribution in [2.75, 3.05) is 31.2 Å². The van der Waals surface area contributed by atoms with Gasteiger partial charge in [0, 0.05) is 30.5 Å². The second-order valence-electron chi connectivity index (χ2n) is 7.15. The zero-order valence-electron chi connectivity index (χ0n) is 16.5. The SMILES string of the molecule is CN1CC=CCCOc2cc(ccc2N)-c2ccnc(n2)Nc2cccc(c2)C1. The second kappa shape index (κ2) is 8.75. The van der Waals surface area contributed by atoms with Gasteiger partial charge in [0.15, 0.2) is 0 Å². The first-order chi connectivity index (χ1) is 14.2. The van der Waals surface area contributed by atoms with E-state index in [9.17, 15) is 0 Å². The molecule has 3 N–H and O–H groups in total. The minimum Gasteiger partial charge on any atom is -0.491 e. The summed E-state index contributed by atoms with van der Waals surface area (Å²) in [6.45, 7) is 2.31. The molecular weight excluding hydrogens is 362 g/mol. The van der Waals surface area contributed by atoms with Crippen molar-refractivity contribution in [1.82, 2.24) is 14.9 Å². The molecule has 29 heavy (non-hydrogen) atoms. The van der Waals surface area contributed by atoms with Crippen LogP contribution in [0.5, 0.6) is 5.75 Å². The number of rotatable bonds is 0. The first-order valence-electron chi connectivity index (χ1n) is 9.72. The summed E-state index contributed by atoms with van der Waals surface area (Å²) >= 11 is 0. The molecule has 2 aromatic carbocycles. The molecule has 2 heterocycles. The van der Waals surface area contributed by atoms with Crippen LogP contribution in [0.3, 0.4) is 0 Å². The van der Waals surface area contributed by atoms with Gasteiger partial charge >= 0.3 is 0 Å². The third-order valence-electron chi connectivity index (χ3n) is 4.73. The van der Waals surface area contributed by atoms with E-state index in [1.807, 2.05) is 36.4 Å². The highest BCUT2D eigenvalue weighted by molar-refractivity contribution is 5.68. The Hall–Kier alpha value is -3.38. The van der Waals surface area contributed by atoms with Crippen LogP contribution in [-0.2, 0) is 6.54 Å². The number of likely N-dealkylation sites (N-methyl/N-ethyl adjacent to an activating group) is 1. The molecule has 0 radical (unpaired) electrons. The Morgan fingerprint density at radius 1 is 1.10 bits per heavy atom. The molecule has 148 valence electrons. The molecule has 0 saturated carbocycles. The summed E-state index contributed by atoms with van der Waals surface area (Å²) in [4.78, 5) is 11.3. The number of benzene rings is 2. The number of aromatic nitrogens is 2. The second-order valence-corrected chi connectivity index (χ2v) is 7.15. The van der Waals surface area contributed by atoms with E-state index < -0.39 is 0 Å². The Balaban J connectivity index is 1.69. The predicted octanol–water partition coefficient (Wildman–Crippen LogP) is 4.24. The van der Waals surface area contributed by atoms with Crippen LogP contribution in [-0.4, -0.2) is 35.1 Å². The third kappa shape index (κ3) is 4.92. The lowest BCUT2D eigenvalue weighted by molar-refractivity contribution is 0.326. The zero-order chi connectivity index (χ0) is 20.1. The smallest absolute Gasteiger partial charge is 0.227 e. The van der Waals surface area contributed by atoms with Gasteiger partial charge in [0.25, 0.3) is 0 Å². The molecule has 6 heteroatoms. The highest BCUT2D eigenvalue weighted by atomic mass is 16.5. The van der Waals surface area contributed by atoms with E-state index >= 15 is 0 Å². The highest BCUT2D eigenvalue weighted by Gasteiger charge is 2.08. The fourth-order valence-electron chi connectivity index (χ4n) is 3.26. The molecule has 6 bridgehead atoms. The monoisotopic (exact) mass is 387 g/mol. The maximum Gasteiger partial charge on any atom is 0.227 e. The summed E-state index contributed by atoms with van der Waals surface area (Å²) in [6, 6.07) is 15.9. The Morgan fingerprint density at radius 3 is 2.97 bits per heavy atom. The molecule has 0 aliphatic carbocycles. The Labute approximate surface area is 171 Å². The van der Waals surface area contributed by atoms with E-state index in [1.54, 1.807) is 6.20 Å². The van der Waals surface area contributed by atoms with Crippen LogP contribution in [0, 0.1) is 0 Å². The summed E-state index contributed by atoms with van der Waals surface area (Å²) in [5.41, 5.74) is 10.7. The van der Waals surface area contributed by atoms with Crippen LogP contribution in [0.25, 0.3) is 11.3 Å². The minimum absolute atomic E-state index is 0.552. The number of fused-ring (bicyclic) bond motifs is 7. The molecule has 1 aliphatic heterocycles. The molecule has 0 saturated heterocycles. The van der Waals surface area contributed by atoms with E-state index in [1.165, 1.54) is 5.56 Å². The van der Waals surface area contributed by atoms with Gasteiger partial charge in [-0.3, -0.25) is 4.90 Å². The van der Waals surface area contributed by atoms with Crippen LogP contribution in [0.4, 0.5) is 17.3 Å². The van der Waals surface area contributed by atoms with E-state index in [4.69, 9.17) is 10.5 Å². The summed E-state index contributed by atoms with van der Waals surface area (Å²) in [6.07, 6.45) is 6.90. The van der Waals surface area contributed by atoms with Crippen LogP contribution < -0.4 is 15.8 Å². The first kappa shape index (κ1) is 19.0. The van der Waals surface area contributed by atoms with Crippen LogP contribution in [0.2, 0.25) is 0 Å². The Kier molecular flexibility index (Phi) is 5.72. The predicted molar refractivity (Wildman–Crippen MR) is 117 cm³/mol. The van der Waals surface area contributed by atoms with Gasteiger partial charge in [-0.2, -0.15) is 0 Å².